The van der Waals surface area contributed by atoms with Crippen LogP contribution in [0.4, 0.5) is 4.79 Å². The van der Waals surface area contributed by atoms with Crippen LogP contribution in [0.1, 0.15) is 84.1 Å². The summed E-state index contributed by atoms with van der Waals surface area (Å²) in [5.41, 5.74) is -1.51. The van der Waals surface area contributed by atoms with E-state index >= 15 is 0 Å². The Balaban J connectivity index is 0.00000924. The molecule has 0 aromatic heterocycles. The van der Waals surface area contributed by atoms with Crippen molar-refractivity contribution >= 4 is 34.0 Å². The van der Waals surface area contributed by atoms with Gasteiger partial charge >= 0.3 is 41.6 Å². The van der Waals surface area contributed by atoms with Gasteiger partial charge in [0.25, 0.3) is 0 Å². The van der Waals surface area contributed by atoms with Gasteiger partial charge in [-0.3, -0.25) is 14.4 Å². The minimum absolute atomic E-state index is 0. The summed E-state index contributed by atoms with van der Waals surface area (Å²) in [5.74, 6) is -2.82. The average Bonchev–Trinajstić information content (AvgIpc) is 3.33. The summed E-state index contributed by atoms with van der Waals surface area (Å²) in [5, 5.41) is 7.63. The van der Waals surface area contributed by atoms with Crippen molar-refractivity contribution in [2.45, 2.75) is 103 Å². The summed E-state index contributed by atoms with van der Waals surface area (Å²) in [6.07, 6.45) is 3.41. The second kappa shape index (κ2) is 20.0. The van der Waals surface area contributed by atoms with Crippen molar-refractivity contribution < 1.29 is 71.2 Å². The quantitative estimate of drug-likeness (QED) is 0.0876. The Bertz CT molecular complexity index is 1140. The molecule has 1 unspecified atom stereocenters. The number of carbonyl (C=O) groups excluding carboxylic acids is 4. The molecule has 1 aromatic rings. The van der Waals surface area contributed by atoms with Gasteiger partial charge in [0.15, 0.2) is 0 Å². The Labute approximate surface area is 276 Å². The van der Waals surface area contributed by atoms with Crippen molar-refractivity contribution in [3.05, 3.63) is 35.9 Å². The Morgan fingerprint density at radius 1 is 1.07 bits per heavy atom. The number of hydrogen-bond acceptors (Lipinski definition) is 9. The average molecular weight is 634 g/mol. The third-order valence-electron chi connectivity index (χ3n) is 6.90. The molecular weight excluding hydrogens is 589 g/mol. The molecule has 4 atom stereocenters. The molecule has 1 aliphatic rings. The van der Waals surface area contributed by atoms with Crippen LogP contribution in [0.25, 0.3) is 0 Å². The minimum Gasteiger partial charge on any atom is -0.745 e. The van der Waals surface area contributed by atoms with Crippen LogP contribution < -0.4 is 45.5 Å². The Morgan fingerprint density at radius 3 is 2.33 bits per heavy atom. The molecule has 12 nitrogen and oxygen atoms in total. The van der Waals surface area contributed by atoms with Crippen LogP contribution in [0.15, 0.2) is 30.3 Å². The fourth-order valence-electron chi connectivity index (χ4n) is 4.71. The number of alkyl carbamates (subject to hydrolysis) is 1. The Hall–Kier alpha value is -2.19. The summed E-state index contributed by atoms with van der Waals surface area (Å²) in [4.78, 5) is 50.8. The van der Waals surface area contributed by atoms with Gasteiger partial charge in [-0.15, -0.1) is 0 Å². The fourth-order valence-corrected chi connectivity index (χ4v) is 5.52. The summed E-state index contributed by atoms with van der Waals surface area (Å²) in [6.45, 7) is 6.01. The number of benzene rings is 1. The summed E-state index contributed by atoms with van der Waals surface area (Å²) < 4.78 is 47.4. The maximum absolute atomic E-state index is 13.4. The first-order valence-electron chi connectivity index (χ1n) is 14.6. The van der Waals surface area contributed by atoms with E-state index in [0.717, 1.165) is 31.2 Å². The number of carbonyl (C=O) groups is 4. The van der Waals surface area contributed by atoms with E-state index in [1.807, 2.05) is 26.8 Å². The van der Waals surface area contributed by atoms with E-state index in [1.165, 1.54) is 0 Å². The molecule has 2 rings (SSSR count). The van der Waals surface area contributed by atoms with Gasteiger partial charge < -0.3 is 30.0 Å². The van der Waals surface area contributed by atoms with Crippen LogP contribution >= 0.6 is 0 Å². The molecule has 1 aliphatic heterocycles. The van der Waals surface area contributed by atoms with Gasteiger partial charge in [0.1, 0.15) is 22.8 Å². The molecule has 0 bridgehead atoms. The van der Waals surface area contributed by atoms with Gasteiger partial charge in [0.2, 0.25) is 17.3 Å². The second-order valence-electron chi connectivity index (χ2n) is 11.0. The monoisotopic (exact) mass is 633 g/mol. The molecule has 0 radical (unpaired) electrons. The molecule has 0 aliphatic carbocycles. The Kier molecular flexibility index (Phi) is 18.0. The normalized spacial score (nSPS) is 16.8. The van der Waals surface area contributed by atoms with E-state index in [9.17, 15) is 32.1 Å². The first-order valence-corrected chi connectivity index (χ1v) is 16.1. The number of amides is 3. The van der Waals surface area contributed by atoms with Gasteiger partial charge in [-0.1, -0.05) is 76.8 Å². The molecule has 43 heavy (non-hydrogen) atoms. The molecule has 236 valence electrons. The standard InChI is InChI=1S/C29H45N3O9S.Na/c1-4-5-6-7-11-14-25(33)41-28(42(37,38)39)24(18-22-15-16-30-26(22)34)31-27(35)23(17-20(2)3)32-29(36)40-19-21-12-9-8-10-13-21;/h8-10,12-13,20,22-24,28H,4-7,11,14-19H2,1-3H3,(H,30,34)(H,31,35)(H,32,36)(H,37,38,39);/q;+1/p-1/t22-,23-,24-,28?;/m0./s1. The molecule has 1 heterocycles. The zero-order chi connectivity index (χ0) is 31.1. The first kappa shape index (κ1) is 38.8. The van der Waals surface area contributed by atoms with Crippen LogP contribution in [0, 0.1) is 11.8 Å². The predicted octanol–water partition coefficient (Wildman–Crippen LogP) is 0.118. The van der Waals surface area contributed by atoms with Gasteiger partial charge in [-0.25, -0.2) is 13.2 Å². The maximum atomic E-state index is 13.4. The topological polar surface area (TPSA) is 180 Å². The zero-order valence-corrected chi connectivity index (χ0v) is 28.5. The van der Waals surface area contributed by atoms with Crippen molar-refractivity contribution in [3.8, 4) is 0 Å². The van der Waals surface area contributed by atoms with E-state index in [1.54, 1.807) is 24.3 Å². The van der Waals surface area contributed by atoms with Crippen LogP contribution in [0.3, 0.4) is 0 Å². The van der Waals surface area contributed by atoms with Crippen LogP contribution in [-0.4, -0.2) is 60.9 Å². The zero-order valence-electron chi connectivity index (χ0n) is 25.6. The molecule has 1 saturated heterocycles. The second-order valence-corrected chi connectivity index (χ2v) is 12.5. The van der Waals surface area contributed by atoms with Crippen molar-refractivity contribution in [1.29, 1.82) is 0 Å². The predicted molar refractivity (Wildman–Crippen MR) is 154 cm³/mol. The number of esters is 1. The van der Waals surface area contributed by atoms with Gasteiger partial charge in [0.05, 0.1) is 6.04 Å². The summed E-state index contributed by atoms with van der Waals surface area (Å²) in [6, 6.07) is 6.26. The van der Waals surface area contributed by atoms with E-state index in [0.29, 0.717) is 19.4 Å². The van der Waals surface area contributed by atoms with Crippen molar-refractivity contribution in [3.63, 3.8) is 0 Å². The third-order valence-corrected chi connectivity index (χ3v) is 7.90. The minimum atomic E-state index is -5.27. The number of unbranched alkanes of at least 4 members (excludes halogenated alkanes) is 4. The van der Waals surface area contributed by atoms with E-state index in [2.05, 4.69) is 16.0 Å². The van der Waals surface area contributed by atoms with Crippen molar-refractivity contribution in [2.75, 3.05) is 6.54 Å². The van der Waals surface area contributed by atoms with Gasteiger partial charge in [-0.05, 0) is 37.2 Å². The molecule has 3 amide bonds. The fraction of sp³-hybridized carbons (Fsp3) is 0.655. The summed E-state index contributed by atoms with van der Waals surface area (Å²) >= 11 is 0. The van der Waals surface area contributed by atoms with E-state index in [4.69, 9.17) is 9.47 Å². The number of rotatable bonds is 18. The Morgan fingerprint density at radius 2 is 1.74 bits per heavy atom. The molecule has 0 saturated carbocycles. The molecule has 1 aromatic carbocycles. The molecule has 1 fully saturated rings. The maximum Gasteiger partial charge on any atom is 1.00 e. The smallest absolute Gasteiger partial charge is 0.745 e. The van der Waals surface area contributed by atoms with Crippen molar-refractivity contribution in [1.82, 2.24) is 16.0 Å². The SMILES string of the molecule is CCCCCCCC(=O)OC([C@H](C[C@@H]1CCNC1=O)NC(=O)[C@H](CC(C)C)NC(=O)OCc1ccccc1)S(=O)(=O)[O-].[Na+]. The molecule has 0 spiro atoms. The largest absolute Gasteiger partial charge is 1.00 e. The first-order chi connectivity index (χ1) is 19.9. The number of hydrogen-bond donors (Lipinski definition) is 3. The van der Waals surface area contributed by atoms with Gasteiger partial charge in [0, 0.05) is 18.9 Å². The summed E-state index contributed by atoms with van der Waals surface area (Å²) in [7, 11) is -5.27. The van der Waals surface area contributed by atoms with Gasteiger partial charge in [-0.2, -0.15) is 0 Å². The van der Waals surface area contributed by atoms with Crippen LogP contribution in [0.5, 0.6) is 0 Å². The van der Waals surface area contributed by atoms with E-state index < -0.39 is 51.5 Å². The van der Waals surface area contributed by atoms with Crippen LogP contribution in [0.2, 0.25) is 0 Å². The van der Waals surface area contributed by atoms with Crippen LogP contribution in [-0.2, 0) is 40.6 Å². The molecular formula is C29H44N3NaO9S. The molecule has 14 heteroatoms. The number of ether oxygens (including phenoxy) is 2. The number of nitrogens with one attached hydrogen (secondary N) is 3. The molecule has 3 N–H and O–H groups in total. The third kappa shape index (κ3) is 14.9. The van der Waals surface area contributed by atoms with Crippen molar-refractivity contribution in [2.24, 2.45) is 11.8 Å². The van der Waals surface area contributed by atoms with E-state index in [-0.39, 0.29) is 67.3 Å².